The molecule has 0 saturated carbocycles. The maximum absolute atomic E-state index is 12.3. The van der Waals surface area contributed by atoms with Gasteiger partial charge in [-0.05, 0) is 17.2 Å². The maximum atomic E-state index is 12.3. The Morgan fingerprint density at radius 3 is 2.67 bits per heavy atom. The van der Waals surface area contributed by atoms with E-state index in [1.807, 2.05) is 54.6 Å². The highest BCUT2D eigenvalue weighted by atomic mass is 16.6. The molecule has 0 radical (unpaired) electrons. The van der Waals surface area contributed by atoms with Crippen LogP contribution in [0.2, 0.25) is 0 Å². The minimum Gasteiger partial charge on any atom is -0.444 e. The number of para-hydroxylation sites is 1. The van der Waals surface area contributed by atoms with E-state index in [1.165, 1.54) is 4.90 Å². The number of hydrogen-bond donors (Lipinski definition) is 1. The first-order chi connectivity index (χ1) is 10.2. The highest BCUT2D eigenvalue weighted by molar-refractivity contribution is 5.89. The standard InChI is InChI=1S/C17H17NO3/c19-15-10-14-8-4-5-9-16(14)18(11-15)17(20)21-12-13-6-2-1-3-7-13/h1-9,15,19H,10-12H2. The molecule has 1 aliphatic rings. The van der Waals surface area contributed by atoms with E-state index < -0.39 is 12.2 Å². The molecule has 1 unspecified atom stereocenters. The molecule has 1 atom stereocenters. The monoisotopic (exact) mass is 283 g/mol. The number of carbonyl (C=O) groups excluding carboxylic acids is 1. The van der Waals surface area contributed by atoms with Crippen LogP contribution in [0.1, 0.15) is 11.1 Å². The van der Waals surface area contributed by atoms with Crippen molar-refractivity contribution in [2.75, 3.05) is 11.4 Å². The Morgan fingerprint density at radius 1 is 1.14 bits per heavy atom. The second-order valence-electron chi connectivity index (χ2n) is 5.14. The summed E-state index contributed by atoms with van der Waals surface area (Å²) in [6, 6.07) is 17.1. The van der Waals surface area contributed by atoms with Crippen molar-refractivity contribution in [3.63, 3.8) is 0 Å². The molecule has 0 saturated heterocycles. The number of aliphatic hydroxyl groups is 1. The van der Waals surface area contributed by atoms with Gasteiger partial charge in [0.15, 0.2) is 0 Å². The maximum Gasteiger partial charge on any atom is 0.414 e. The van der Waals surface area contributed by atoms with Gasteiger partial charge in [0.05, 0.1) is 18.3 Å². The van der Waals surface area contributed by atoms with Gasteiger partial charge < -0.3 is 9.84 Å². The van der Waals surface area contributed by atoms with Gasteiger partial charge in [-0.25, -0.2) is 4.79 Å². The molecule has 0 aliphatic carbocycles. The number of hydrogen-bond acceptors (Lipinski definition) is 3. The van der Waals surface area contributed by atoms with Crippen LogP contribution in [0.5, 0.6) is 0 Å². The number of rotatable bonds is 2. The zero-order valence-electron chi connectivity index (χ0n) is 11.6. The van der Waals surface area contributed by atoms with Gasteiger partial charge in [0.2, 0.25) is 0 Å². The van der Waals surface area contributed by atoms with Crippen molar-refractivity contribution in [2.45, 2.75) is 19.1 Å². The molecule has 4 nitrogen and oxygen atoms in total. The SMILES string of the molecule is O=C(OCc1ccccc1)N1CC(O)Cc2ccccc21. The van der Waals surface area contributed by atoms with E-state index >= 15 is 0 Å². The molecule has 1 N–H and O–H groups in total. The predicted molar refractivity (Wildman–Crippen MR) is 80.1 cm³/mol. The minimum atomic E-state index is -0.552. The minimum absolute atomic E-state index is 0.231. The molecule has 0 fully saturated rings. The lowest BCUT2D eigenvalue weighted by atomic mass is 10.0. The quantitative estimate of drug-likeness (QED) is 0.922. The normalized spacial score (nSPS) is 17.2. The van der Waals surface area contributed by atoms with Crippen LogP contribution in [0, 0.1) is 0 Å². The van der Waals surface area contributed by atoms with E-state index in [2.05, 4.69) is 0 Å². The average Bonchev–Trinajstić information content (AvgIpc) is 2.52. The van der Waals surface area contributed by atoms with E-state index in [9.17, 15) is 9.90 Å². The second-order valence-corrected chi connectivity index (χ2v) is 5.14. The van der Waals surface area contributed by atoms with Gasteiger partial charge in [0, 0.05) is 6.42 Å². The number of fused-ring (bicyclic) bond motifs is 1. The molecule has 0 bridgehead atoms. The topological polar surface area (TPSA) is 49.8 Å². The number of anilines is 1. The van der Waals surface area contributed by atoms with Crippen LogP contribution in [0.25, 0.3) is 0 Å². The first-order valence-electron chi connectivity index (χ1n) is 6.98. The van der Waals surface area contributed by atoms with E-state index in [0.29, 0.717) is 6.42 Å². The van der Waals surface area contributed by atoms with Gasteiger partial charge in [0.25, 0.3) is 0 Å². The molecule has 1 heterocycles. The molecule has 3 rings (SSSR count). The third kappa shape index (κ3) is 3.06. The van der Waals surface area contributed by atoms with Crippen LogP contribution in [0.3, 0.4) is 0 Å². The molecule has 2 aromatic rings. The summed E-state index contributed by atoms with van der Waals surface area (Å²) >= 11 is 0. The molecule has 1 aliphatic heterocycles. The summed E-state index contributed by atoms with van der Waals surface area (Å²) in [6.07, 6.45) is -0.409. The predicted octanol–water partition coefficient (Wildman–Crippen LogP) is 2.75. The zero-order valence-corrected chi connectivity index (χ0v) is 11.6. The summed E-state index contributed by atoms with van der Waals surface area (Å²) < 4.78 is 5.35. The summed E-state index contributed by atoms with van der Waals surface area (Å²) in [7, 11) is 0. The highest BCUT2D eigenvalue weighted by Crippen LogP contribution is 2.27. The first-order valence-corrected chi connectivity index (χ1v) is 6.98. The summed E-state index contributed by atoms with van der Waals surface area (Å²) in [5.41, 5.74) is 2.73. The number of benzene rings is 2. The third-order valence-electron chi connectivity index (χ3n) is 3.56. The Morgan fingerprint density at radius 2 is 1.86 bits per heavy atom. The molecule has 0 aromatic heterocycles. The molecule has 0 spiro atoms. The molecule has 21 heavy (non-hydrogen) atoms. The summed E-state index contributed by atoms with van der Waals surface area (Å²) in [4.78, 5) is 13.8. The summed E-state index contributed by atoms with van der Waals surface area (Å²) in [5, 5.41) is 9.91. The van der Waals surface area contributed by atoms with E-state index in [-0.39, 0.29) is 13.2 Å². The molecule has 4 heteroatoms. The zero-order chi connectivity index (χ0) is 14.7. The van der Waals surface area contributed by atoms with Crippen LogP contribution in [-0.2, 0) is 17.8 Å². The van der Waals surface area contributed by atoms with Gasteiger partial charge in [-0.1, -0.05) is 48.5 Å². The largest absolute Gasteiger partial charge is 0.444 e. The van der Waals surface area contributed by atoms with E-state index in [4.69, 9.17) is 4.74 Å². The number of ether oxygens (including phenoxy) is 1. The van der Waals surface area contributed by atoms with Crippen molar-refractivity contribution in [1.29, 1.82) is 0 Å². The van der Waals surface area contributed by atoms with Crippen LogP contribution >= 0.6 is 0 Å². The van der Waals surface area contributed by atoms with E-state index in [0.717, 1.165) is 16.8 Å². The van der Waals surface area contributed by atoms with Crippen molar-refractivity contribution in [2.24, 2.45) is 0 Å². The fraction of sp³-hybridized carbons (Fsp3) is 0.235. The van der Waals surface area contributed by atoms with Gasteiger partial charge in [-0.2, -0.15) is 0 Å². The molecule has 1 amide bonds. The molecular formula is C17H17NO3. The molecular weight excluding hydrogens is 266 g/mol. The Bertz CT molecular complexity index is 627. The number of aliphatic hydroxyl groups excluding tert-OH is 1. The summed E-state index contributed by atoms with van der Waals surface area (Å²) in [5.74, 6) is 0. The number of β-amino-alcohol motifs (C(OH)–C–C–N with tert-alkyl or cyclic N) is 1. The fourth-order valence-corrected chi connectivity index (χ4v) is 2.54. The van der Waals surface area contributed by atoms with Gasteiger partial charge in [-0.3, -0.25) is 4.90 Å². The first kappa shape index (κ1) is 13.6. The lowest BCUT2D eigenvalue weighted by molar-refractivity contribution is 0.133. The van der Waals surface area contributed by atoms with Gasteiger partial charge >= 0.3 is 6.09 Å². The molecule has 2 aromatic carbocycles. The Labute approximate surface area is 123 Å². The Hall–Kier alpha value is -2.33. The third-order valence-corrected chi connectivity index (χ3v) is 3.56. The van der Waals surface area contributed by atoms with Crippen LogP contribution < -0.4 is 4.90 Å². The smallest absolute Gasteiger partial charge is 0.414 e. The summed E-state index contributed by atoms with van der Waals surface area (Å²) in [6.45, 7) is 0.499. The molecule has 108 valence electrons. The van der Waals surface area contributed by atoms with Crippen LogP contribution in [0.15, 0.2) is 54.6 Å². The van der Waals surface area contributed by atoms with Gasteiger partial charge in [0.1, 0.15) is 6.61 Å². The van der Waals surface area contributed by atoms with Crippen molar-refractivity contribution in [3.05, 3.63) is 65.7 Å². The van der Waals surface area contributed by atoms with E-state index in [1.54, 1.807) is 0 Å². The van der Waals surface area contributed by atoms with Crippen molar-refractivity contribution < 1.29 is 14.6 Å². The lowest BCUT2D eigenvalue weighted by Crippen LogP contribution is -2.42. The Balaban J connectivity index is 1.73. The van der Waals surface area contributed by atoms with Crippen molar-refractivity contribution >= 4 is 11.8 Å². The number of amides is 1. The van der Waals surface area contributed by atoms with Crippen LogP contribution in [-0.4, -0.2) is 23.8 Å². The lowest BCUT2D eigenvalue weighted by Gasteiger charge is -2.31. The van der Waals surface area contributed by atoms with Crippen molar-refractivity contribution in [1.82, 2.24) is 0 Å². The average molecular weight is 283 g/mol. The van der Waals surface area contributed by atoms with Gasteiger partial charge in [-0.15, -0.1) is 0 Å². The fourth-order valence-electron chi connectivity index (χ4n) is 2.54. The van der Waals surface area contributed by atoms with Crippen LogP contribution in [0.4, 0.5) is 10.5 Å². The Kier molecular flexibility index (Phi) is 3.88. The number of carbonyl (C=O) groups is 1. The highest BCUT2D eigenvalue weighted by Gasteiger charge is 2.28. The van der Waals surface area contributed by atoms with Crippen molar-refractivity contribution in [3.8, 4) is 0 Å². The number of nitrogens with zero attached hydrogens (tertiary/aromatic N) is 1. The second kappa shape index (κ2) is 5.97.